The molecule has 6 nitrogen and oxygen atoms in total. The molecule has 0 spiro atoms. The highest BCUT2D eigenvalue weighted by molar-refractivity contribution is 6.32. The number of amides is 2. The minimum atomic E-state index is -1.02. The summed E-state index contributed by atoms with van der Waals surface area (Å²) >= 11 is 5.96. The van der Waals surface area contributed by atoms with E-state index in [4.69, 9.17) is 21.1 Å². The Morgan fingerprint density at radius 1 is 0.885 bits per heavy atom. The van der Waals surface area contributed by atoms with Gasteiger partial charge in [-0.05, 0) is 38.1 Å². The number of hydrogen-bond acceptors (Lipinski definition) is 4. The van der Waals surface area contributed by atoms with Gasteiger partial charge in [0, 0.05) is 0 Å². The minimum absolute atomic E-state index is 0.0584. The molecular formula is C18H18ClFN2O4. The van der Waals surface area contributed by atoms with Crippen molar-refractivity contribution < 1.29 is 23.5 Å². The monoisotopic (exact) mass is 380 g/mol. The van der Waals surface area contributed by atoms with Crippen LogP contribution in [0.1, 0.15) is 13.8 Å². The summed E-state index contributed by atoms with van der Waals surface area (Å²) in [6, 6.07) is 12.4. The molecule has 0 unspecified atom stereocenters. The quantitative estimate of drug-likeness (QED) is 0.755. The Kier molecular flexibility index (Phi) is 6.80. The first-order valence-corrected chi connectivity index (χ1v) is 8.18. The summed E-state index contributed by atoms with van der Waals surface area (Å²) in [5.41, 5.74) is 4.43. The molecule has 0 aliphatic heterocycles. The van der Waals surface area contributed by atoms with E-state index in [1.54, 1.807) is 30.3 Å². The van der Waals surface area contributed by atoms with Gasteiger partial charge in [0.1, 0.15) is 5.75 Å². The van der Waals surface area contributed by atoms with Crippen LogP contribution >= 0.6 is 11.6 Å². The molecule has 0 heterocycles. The van der Waals surface area contributed by atoms with E-state index in [1.165, 1.54) is 32.0 Å². The van der Waals surface area contributed by atoms with Gasteiger partial charge in [-0.2, -0.15) is 0 Å². The van der Waals surface area contributed by atoms with Crippen LogP contribution in [0.15, 0.2) is 48.5 Å². The number of carbonyl (C=O) groups excluding carboxylic acids is 2. The fourth-order valence-corrected chi connectivity index (χ4v) is 2.08. The Bertz CT molecular complexity index is 722. The second kappa shape index (κ2) is 9.05. The highest BCUT2D eigenvalue weighted by Crippen LogP contribution is 2.24. The van der Waals surface area contributed by atoms with Gasteiger partial charge >= 0.3 is 0 Å². The molecule has 2 aromatic rings. The van der Waals surface area contributed by atoms with Gasteiger partial charge in [0.15, 0.2) is 23.8 Å². The van der Waals surface area contributed by atoms with Gasteiger partial charge in [-0.25, -0.2) is 4.39 Å². The van der Waals surface area contributed by atoms with Crippen LogP contribution in [0.4, 0.5) is 4.39 Å². The van der Waals surface area contributed by atoms with Crippen molar-refractivity contribution in [2.45, 2.75) is 26.1 Å². The van der Waals surface area contributed by atoms with Crippen LogP contribution in [-0.2, 0) is 9.59 Å². The van der Waals surface area contributed by atoms with Gasteiger partial charge < -0.3 is 9.47 Å². The van der Waals surface area contributed by atoms with E-state index in [1.807, 2.05) is 0 Å². The highest BCUT2D eigenvalue weighted by atomic mass is 35.5. The topological polar surface area (TPSA) is 76.7 Å². The Balaban J connectivity index is 1.83. The van der Waals surface area contributed by atoms with Gasteiger partial charge in [0.25, 0.3) is 11.8 Å². The number of benzene rings is 2. The van der Waals surface area contributed by atoms with Crippen molar-refractivity contribution in [3.8, 4) is 11.5 Å². The van der Waals surface area contributed by atoms with Crippen LogP contribution in [0.25, 0.3) is 0 Å². The molecule has 2 rings (SSSR count). The fourth-order valence-electron chi connectivity index (χ4n) is 1.90. The van der Waals surface area contributed by atoms with Crippen LogP contribution in [0, 0.1) is 5.82 Å². The zero-order chi connectivity index (χ0) is 19.1. The standard InChI is InChI=1S/C18H18ClFN2O4/c1-11(25-15-9-5-3-7-13(15)19)17(23)21-22-18(24)12(2)26-16-10-6-4-8-14(16)20/h3-12H,1-2H3,(H,21,23)(H,22,24)/t11-,12+/m1/s1. The SMILES string of the molecule is C[C@H](Oc1ccccc1F)C(=O)NNC(=O)[C@@H](C)Oc1ccccc1Cl. The van der Waals surface area contributed by atoms with E-state index < -0.39 is 29.8 Å². The summed E-state index contributed by atoms with van der Waals surface area (Å²) in [5, 5.41) is 0.364. The summed E-state index contributed by atoms with van der Waals surface area (Å²) in [4.78, 5) is 24.0. The maximum atomic E-state index is 13.5. The first-order valence-electron chi connectivity index (χ1n) is 7.80. The first kappa shape index (κ1) is 19.5. The number of carbonyl (C=O) groups is 2. The Morgan fingerprint density at radius 3 is 1.88 bits per heavy atom. The van der Waals surface area contributed by atoms with Gasteiger partial charge in [0.05, 0.1) is 5.02 Å². The van der Waals surface area contributed by atoms with E-state index >= 15 is 0 Å². The van der Waals surface area contributed by atoms with E-state index in [2.05, 4.69) is 10.9 Å². The molecule has 0 aliphatic carbocycles. The lowest BCUT2D eigenvalue weighted by Gasteiger charge is -2.18. The number of nitrogens with one attached hydrogen (secondary N) is 2. The number of hydrazine groups is 1. The van der Waals surface area contributed by atoms with Crippen molar-refractivity contribution in [2.24, 2.45) is 0 Å². The molecule has 0 saturated carbocycles. The summed E-state index contributed by atoms with van der Waals surface area (Å²) < 4.78 is 24.2. The fraction of sp³-hybridized carbons (Fsp3) is 0.222. The van der Waals surface area contributed by atoms with Crippen LogP contribution in [-0.4, -0.2) is 24.0 Å². The zero-order valence-electron chi connectivity index (χ0n) is 14.2. The number of rotatable bonds is 6. The van der Waals surface area contributed by atoms with E-state index in [9.17, 15) is 14.0 Å². The Hall–Kier alpha value is -2.80. The molecule has 2 amide bonds. The van der Waals surface area contributed by atoms with Crippen molar-refractivity contribution in [3.63, 3.8) is 0 Å². The number of ether oxygens (including phenoxy) is 2. The second-order valence-electron chi connectivity index (χ2n) is 5.36. The molecule has 0 saturated heterocycles. The number of hydrogen-bond donors (Lipinski definition) is 2. The lowest BCUT2D eigenvalue weighted by Crippen LogP contribution is -2.50. The third kappa shape index (κ3) is 5.35. The van der Waals surface area contributed by atoms with E-state index in [0.717, 1.165) is 0 Å². The molecule has 0 aliphatic rings. The number of para-hydroxylation sites is 2. The maximum absolute atomic E-state index is 13.5. The van der Waals surface area contributed by atoms with Crippen molar-refractivity contribution in [3.05, 3.63) is 59.4 Å². The maximum Gasteiger partial charge on any atom is 0.279 e. The van der Waals surface area contributed by atoms with Gasteiger partial charge in [0.2, 0.25) is 0 Å². The predicted molar refractivity (Wildman–Crippen MR) is 94.3 cm³/mol. The summed E-state index contributed by atoms with van der Waals surface area (Å²) in [6.07, 6.45) is -1.93. The molecule has 26 heavy (non-hydrogen) atoms. The van der Waals surface area contributed by atoms with Crippen LogP contribution in [0.5, 0.6) is 11.5 Å². The third-order valence-electron chi connectivity index (χ3n) is 3.33. The van der Waals surface area contributed by atoms with Crippen molar-refractivity contribution in [1.82, 2.24) is 10.9 Å². The average Bonchev–Trinajstić information content (AvgIpc) is 2.63. The smallest absolute Gasteiger partial charge is 0.279 e. The molecule has 0 bridgehead atoms. The molecular weight excluding hydrogens is 363 g/mol. The van der Waals surface area contributed by atoms with Crippen molar-refractivity contribution in [1.29, 1.82) is 0 Å². The molecule has 0 aromatic heterocycles. The first-order chi connectivity index (χ1) is 12.4. The molecule has 0 fully saturated rings. The largest absolute Gasteiger partial charge is 0.479 e. The van der Waals surface area contributed by atoms with Gasteiger partial charge in [-0.1, -0.05) is 35.9 Å². The minimum Gasteiger partial charge on any atom is -0.479 e. The second-order valence-corrected chi connectivity index (χ2v) is 5.77. The van der Waals surface area contributed by atoms with Crippen LogP contribution in [0.3, 0.4) is 0 Å². The summed E-state index contributed by atoms with van der Waals surface area (Å²) in [5.74, 6) is -1.53. The Morgan fingerprint density at radius 2 is 1.35 bits per heavy atom. The van der Waals surface area contributed by atoms with E-state index in [-0.39, 0.29) is 5.75 Å². The lowest BCUT2D eigenvalue weighted by atomic mass is 10.3. The lowest BCUT2D eigenvalue weighted by molar-refractivity contribution is -0.135. The normalized spacial score (nSPS) is 12.6. The van der Waals surface area contributed by atoms with Crippen molar-refractivity contribution >= 4 is 23.4 Å². The average molecular weight is 381 g/mol. The molecule has 0 radical (unpaired) electrons. The summed E-state index contributed by atoms with van der Waals surface area (Å²) in [6.45, 7) is 2.93. The zero-order valence-corrected chi connectivity index (χ0v) is 14.9. The third-order valence-corrected chi connectivity index (χ3v) is 3.64. The number of halogens is 2. The van der Waals surface area contributed by atoms with Crippen LogP contribution < -0.4 is 20.3 Å². The van der Waals surface area contributed by atoms with Gasteiger partial charge in [-0.3, -0.25) is 20.4 Å². The summed E-state index contributed by atoms with van der Waals surface area (Å²) in [7, 11) is 0. The highest BCUT2D eigenvalue weighted by Gasteiger charge is 2.20. The van der Waals surface area contributed by atoms with E-state index in [0.29, 0.717) is 10.8 Å². The predicted octanol–water partition coefficient (Wildman–Crippen LogP) is 2.86. The van der Waals surface area contributed by atoms with Crippen molar-refractivity contribution in [2.75, 3.05) is 0 Å². The van der Waals surface area contributed by atoms with Gasteiger partial charge in [-0.15, -0.1) is 0 Å². The molecule has 2 aromatic carbocycles. The molecule has 2 atom stereocenters. The molecule has 2 N–H and O–H groups in total. The molecule has 8 heteroatoms. The van der Waals surface area contributed by atoms with Crippen LogP contribution in [0.2, 0.25) is 5.02 Å². The Labute approximate surface area is 155 Å². The molecule has 138 valence electrons.